The van der Waals surface area contributed by atoms with E-state index in [1.807, 2.05) is 35.2 Å². The Morgan fingerprint density at radius 1 is 0.905 bits per heavy atom. The smallest absolute Gasteiger partial charge is 0.317 e. The predicted octanol–water partition coefficient (Wildman–Crippen LogP) is 6.29. The number of hydrogen-bond donors (Lipinski definition) is 2. The number of halogens is 1. The summed E-state index contributed by atoms with van der Waals surface area (Å²) in [7, 11) is -3.31. The van der Waals surface area contributed by atoms with Gasteiger partial charge in [-0.25, -0.2) is 13.2 Å². The summed E-state index contributed by atoms with van der Waals surface area (Å²) in [6.45, 7) is 6.42. The van der Waals surface area contributed by atoms with Crippen LogP contribution in [0.3, 0.4) is 0 Å². The molecule has 2 N–H and O–H groups in total. The SMILES string of the molecule is CCCCN(CCc1ccccc1)C(=O)NC1CCN(Cc2ccc(Oc3ccc(NS(C)(=O)=O)cc3)cc2)CC1.Cl. The van der Waals surface area contributed by atoms with E-state index in [2.05, 4.69) is 46.1 Å². The summed E-state index contributed by atoms with van der Waals surface area (Å²) < 4.78 is 31.1. The average molecular weight is 615 g/mol. The minimum Gasteiger partial charge on any atom is -0.457 e. The van der Waals surface area contributed by atoms with E-state index in [1.165, 1.54) is 11.1 Å². The fourth-order valence-corrected chi connectivity index (χ4v) is 5.50. The molecule has 228 valence electrons. The number of piperidine rings is 1. The Labute approximate surface area is 256 Å². The van der Waals surface area contributed by atoms with E-state index in [-0.39, 0.29) is 24.5 Å². The maximum atomic E-state index is 13.1. The normalized spacial score (nSPS) is 14.0. The summed E-state index contributed by atoms with van der Waals surface area (Å²) in [6, 6.07) is 25.5. The van der Waals surface area contributed by atoms with Crippen LogP contribution >= 0.6 is 12.4 Å². The van der Waals surface area contributed by atoms with Crippen molar-refractivity contribution in [1.29, 1.82) is 0 Å². The molecule has 10 heteroatoms. The Morgan fingerprint density at radius 3 is 2.12 bits per heavy atom. The van der Waals surface area contributed by atoms with Gasteiger partial charge in [-0.2, -0.15) is 0 Å². The van der Waals surface area contributed by atoms with Crippen molar-refractivity contribution in [2.75, 3.05) is 37.2 Å². The van der Waals surface area contributed by atoms with Gasteiger partial charge in [0.1, 0.15) is 11.5 Å². The first-order valence-corrected chi connectivity index (χ1v) is 16.3. The standard InChI is InChI=1S/C32H42N4O4S.ClH/c1-3-4-21-36(24-18-26-8-6-5-7-9-26)32(37)33-28-19-22-35(23-20-28)25-27-10-14-30(15-11-27)40-31-16-12-29(13-17-31)34-41(2,38)39;/h5-17,28,34H,3-4,18-25H2,1-2H3,(H,33,37);1H. The fraction of sp³-hybridized carbons (Fsp3) is 0.406. The van der Waals surface area contributed by atoms with Crippen LogP contribution in [-0.4, -0.2) is 62.7 Å². The molecular formula is C32H43ClN4O4S. The molecule has 42 heavy (non-hydrogen) atoms. The Hall–Kier alpha value is -3.27. The number of nitrogens with one attached hydrogen (secondary N) is 2. The second kappa shape index (κ2) is 16.4. The monoisotopic (exact) mass is 614 g/mol. The number of amides is 2. The molecule has 0 radical (unpaired) electrons. The van der Waals surface area contributed by atoms with Gasteiger partial charge in [0.15, 0.2) is 0 Å². The van der Waals surface area contributed by atoms with Crippen LogP contribution in [0.1, 0.15) is 43.7 Å². The second-order valence-electron chi connectivity index (χ2n) is 10.7. The number of ether oxygens (including phenoxy) is 1. The number of nitrogens with zero attached hydrogens (tertiary/aromatic N) is 2. The van der Waals surface area contributed by atoms with E-state index in [0.29, 0.717) is 11.4 Å². The van der Waals surface area contributed by atoms with Crippen molar-refractivity contribution >= 4 is 34.1 Å². The van der Waals surface area contributed by atoms with Crippen LogP contribution in [-0.2, 0) is 23.0 Å². The first-order chi connectivity index (χ1) is 19.8. The van der Waals surface area contributed by atoms with Crippen LogP contribution in [0.15, 0.2) is 78.9 Å². The van der Waals surface area contributed by atoms with Gasteiger partial charge in [-0.3, -0.25) is 9.62 Å². The zero-order valence-corrected chi connectivity index (χ0v) is 26.1. The minimum atomic E-state index is -3.31. The zero-order valence-electron chi connectivity index (χ0n) is 24.5. The molecule has 1 fully saturated rings. The Morgan fingerprint density at radius 2 is 1.52 bits per heavy atom. The molecule has 0 bridgehead atoms. The van der Waals surface area contributed by atoms with Gasteiger partial charge in [-0.1, -0.05) is 55.8 Å². The third-order valence-corrected chi connectivity index (χ3v) is 7.83. The summed E-state index contributed by atoms with van der Waals surface area (Å²) >= 11 is 0. The highest BCUT2D eigenvalue weighted by molar-refractivity contribution is 7.92. The van der Waals surface area contributed by atoms with Crippen molar-refractivity contribution in [1.82, 2.24) is 15.1 Å². The molecule has 0 spiro atoms. The molecule has 3 aromatic carbocycles. The zero-order chi connectivity index (χ0) is 29.1. The number of sulfonamides is 1. The summed E-state index contributed by atoms with van der Waals surface area (Å²) in [6.07, 6.45) is 5.96. The van der Waals surface area contributed by atoms with Crippen molar-refractivity contribution in [2.24, 2.45) is 0 Å². The molecular weight excluding hydrogens is 572 g/mol. The molecule has 1 aliphatic heterocycles. The Kier molecular flexibility index (Phi) is 13.0. The third-order valence-electron chi connectivity index (χ3n) is 7.22. The summed E-state index contributed by atoms with van der Waals surface area (Å²) in [4.78, 5) is 17.5. The lowest BCUT2D eigenvalue weighted by Gasteiger charge is -2.34. The summed E-state index contributed by atoms with van der Waals surface area (Å²) in [5.74, 6) is 1.35. The molecule has 2 amide bonds. The quantitative estimate of drug-likeness (QED) is 0.236. The van der Waals surface area contributed by atoms with Gasteiger partial charge in [0.05, 0.1) is 6.26 Å². The number of anilines is 1. The van der Waals surface area contributed by atoms with E-state index in [1.54, 1.807) is 24.3 Å². The number of carbonyl (C=O) groups is 1. The molecule has 1 heterocycles. The molecule has 4 rings (SSSR count). The van der Waals surface area contributed by atoms with E-state index in [0.717, 1.165) is 76.8 Å². The predicted molar refractivity (Wildman–Crippen MR) is 172 cm³/mol. The fourth-order valence-electron chi connectivity index (χ4n) is 4.94. The van der Waals surface area contributed by atoms with Gasteiger partial charge in [0, 0.05) is 44.5 Å². The van der Waals surface area contributed by atoms with Crippen LogP contribution in [0, 0.1) is 0 Å². The van der Waals surface area contributed by atoms with Crippen LogP contribution < -0.4 is 14.8 Å². The van der Waals surface area contributed by atoms with Crippen LogP contribution in [0.2, 0.25) is 0 Å². The van der Waals surface area contributed by atoms with E-state index >= 15 is 0 Å². The first-order valence-electron chi connectivity index (χ1n) is 14.4. The summed E-state index contributed by atoms with van der Waals surface area (Å²) in [5, 5.41) is 3.30. The third kappa shape index (κ3) is 11.2. The lowest BCUT2D eigenvalue weighted by molar-refractivity contribution is 0.168. The van der Waals surface area contributed by atoms with Gasteiger partial charge in [-0.15, -0.1) is 12.4 Å². The van der Waals surface area contributed by atoms with Gasteiger partial charge < -0.3 is 15.0 Å². The number of rotatable bonds is 13. The minimum absolute atomic E-state index is 0. The van der Waals surface area contributed by atoms with Gasteiger partial charge in [0.25, 0.3) is 0 Å². The number of carbonyl (C=O) groups excluding carboxylic acids is 1. The molecule has 8 nitrogen and oxygen atoms in total. The number of urea groups is 1. The lowest BCUT2D eigenvalue weighted by Crippen LogP contribution is -2.49. The molecule has 1 saturated heterocycles. The highest BCUT2D eigenvalue weighted by Crippen LogP contribution is 2.24. The number of likely N-dealkylation sites (tertiary alicyclic amines) is 1. The average Bonchev–Trinajstić information content (AvgIpc) is 2.96. The number of hydrogen-bond acceptors (Lipinski definition) is 5. The van der Waals surface area contributed by atoms with Gasteiger partial charge >= 0.3 is 6.03 Å². The maximum absolute atomic E-state index is 13.1. The van der Waals surface area contributed by atoms with Gasteiger partial charge in [-0.05, 0) is 73.2 Å². The Balaban J connectivity index is 0.00000484. The Bertz CT molecular complexity index is 1330. The molecule has 1 aliphatic rings. The largest absolute Gasteiger partial charge is 0.457 e. The second-order valence-corrected chi connectivity index (χ2v) is 12.5. The van der Waals surface area contributed by atoms with Crippen molar-refractivity contribution < 1.29 is 17.9 Å². The number of unbranched alkanes of at least 4 members (excludes halogenated alkanes) is 1. The maximum Gasteiger partial charge on any atom is 0.317 e. The van der Waals surface area contributed by atoms with Crippen molar-refractivity contribution in [3.05, 3.63) is 90.0 Å². The summed E-state index contributed by atoms with van der Waals surface area (Å²) in [5.41, 5.74) is 2.96. The van der Waals surface area contributed by atoms with Crippen LogP contribution in [0.5, 0.6) is 11.5 Å². The van der Waals surface area contributed by atoms with Crippen molar-refractivity contribution in [2.45, 2.75) is 51.6 Å². The molecule has 0 aliphatic carbocycles. The topological polar surface area (TPSA) is 91.0 Å². The van der Waals surface area contributed by atoms with Crippen LogP contribution in [0.4, 0.5) is 10.5 Å². The van der Waals surface area contributed by atoms with Crippen LogP contribution in [0.25, 0.3) is 0 Å². The van der Waals surface area contributed by atoms with Crippen molar-refractivity contribution in [3.63, 3.8) is 0 Å². The first kappa shape index (κ1) is 33.2. The number of benzene rings is 3. The molecule has 0 saturated carbocycles. The lowest BCUT2D eigenvalue weighted by atomic mass is 10.0. The van der Waals surface area contributed by atoms with Crippen molar-refractivity contribution in [3.8, 4) is 11.5 Å². The van der Waals surface area contributed by atoms with E-state index in [9.17, 15) is 13.2 Å². The molecule has 0 aromatic heterocycles. The van der Waals surface area contributed by atoms with E-state index in [4.69, 9.17) is 4.74 Å². The van der Waals surface area contributed by atoms with E-state index < -0.39 is 10.0 Å². The highest BCUT2D eigenvalue weighted by atomic mass is 35.5. The van der Waals surface area contributed by atoms with Gasteiger partial charge in [0.2, 0.25) is 10.0 Å². The highest BCUT2D eigenvalue weighted by Gasteiger charge is 2.23. The molecule has 3 aromatic rings. The molecule has 0 atom stereocenters. The molecule has 0 unspecified atom stereocenters.